The molecule has 0 saturated heterocycles. The number of aromatic nitrogens is 1. The van der Waals surface area contributed by atoms with E-state index in [1.807, 2.05) is 22.9 Å². The molecule has 0 fully saturated rings. The van der Waals surface area contributed by atoms with Crippen molar-refractivity contribution in [3.8, 4) is 17.0 Å². The van der Waals surface area contributed by atoms with E-state index in [4.69, 9.17) is 4.74 Å². The number of methoxy groups -OCH3 is 2. The number of benzene rings is 1. The first-order valence-corrected chi connectivity index (χ1v) is 10.6. The van der Waals surface area contributed by atoms with Crippen LogP contribution in [0.2, 0.25) is 0 Å². The van der Waals surface area contributed by atoms with Gasteiger partial charge in [0, 0.05) is 23.7 Å². The van der Waals surface area contributed by atoms with E-state index in [9.17, 15) is 13.2 Å². The smallest absolute Gasteiger partial charge is 0.337 e. The Balaban J connectivity index is 1.85. The molecule has 146 valence electrons. The van der Waals surface area contributed by atoms with E-state index in [0.717, 1.165) is 16.8 Å². The summed E-state index contributed by atoms with van der Waals surface area (Å²) >= 11 is 1.56. The molecule has 7 nitrogen and oxygen atoms in total. The van der Waals surface area contributed by atoms with E-state index in [0.29, 0.717) is 0 Å². The number of rotatable bonds is 7. The van der Waals surface area contributed by atoms with E-state index in [1.165, 1.54) is 32.4 Å². The summed E-state index contributed by atoms with van der Waals surface area (Å²) in [5, 5.41) is 3.92. The summed E-state index contributed by atoms with van der Waals surface area (Å²) in [5.41, 5.74) is 2.61. The first-order valence-electron chi connectivity index (χ1n) is 8.18. The Morgan fingerprint density at radius 1 is 1.18 bits per heavy atom. The third-order valence-corrected chi connectivity index (χ3v) is 6.09. The monoisotopic (exact) mass is 418 g/mol. The minimum atomic E-state index is -3.93. The zero-order valence-corrected chi connectivity index (χ0v) is 16.8. The molecular weight excluding hydrogens is 400 g/mol. The molecule has 0 unspecified atom stereocenters. The van der Waals surface area contributed by atoms with E-state index in [-0.39, 0.29) is 22.8 Å². The molecule has 0 aliphatic heterocycles. The molecule has 1 aromatic carbocycles. The normalized spacial score (nSPS) is 11.2. The fraction of sp³-hybridized carbons (Fsp3) is 0.158. The number of carbonyl (C=O) groups is 1. The summed E-state index contributed by atoms with van der Waals surface area (Å²) in [5.74, 6) is -0.498. The Morgan fingerprint density at radius 2 is 2.00 bits per heavy atom. The first-order chi connectivity index (χ1) is 13.4. The summed E-state index contributed by atoms with van der Waals surface area (Å²) in [6.45, 7) is 0.0631. The molecule has 0 radical (unpaired) electrons. The van der Waals surface area contributed by atoms with Gasteiger partial charge in [-0.3, -0.25) is 4.98 Å². The molecule has 28 heavy (non-hydrogen) atoms. The van der Waals surface area contributed by atoms with Crippen LogP contribution < -0.4 is 9.46 Å². The van der Waals surface area contributed by atoms with Crippen molar-refractivity contribution in [3.05, 3.63) is 64.5 Å². The van der Waals surface area contributed by atoms with E-state index in [2.05, 4.69) is 14.4 Å². The minimum absolute atomic E-state index is 0.0631. The van der Waals surface area contributed by atoms with Crippen LogP contribution in [0.25, 0.3) is 11.3 Å². The molecule has 9 heteroatoms. The van der Waals surface area contributed by atoms with Crippen LogP contribution in [0.3, 0.4) is 0 Å². The van der Waals surface area contributed by atoms with Gasteiger partial charge in [0.2, 0.25) is 10.0 Å². The molecule has 0 atom stereocenters. The Labute approximate surface area is 167 Å². The summed E-state index contributed by atoms with van der Waals surface area (Å²) in [7, 11) is -1.34. The zero-order chi connectivity index (χ0) is 20.1. The summed E-state index contributed by atoms with van der Waals surface area (Å²) in [4.78, 5) is 15.9. The molecule has 0 saturated carbocycles. The Morgan fingerprint density at radius 3 is 2.68 bits per heavy atom. The second kappa shape index (κ2) is 8.51. The molecule has 0 bridgehead atoms. The molecule has 2 aromatic heterocycles. The maximum Gasteiger partial charge on any atom is 0.337 e. The minimum Gasteiger partial charge on any atom is -0.495 e. The van der Waals surface area contributed by atoms with Gasteiger partial charge in [-0.15, -0.1) is 0 Å². The van der Waals surface area contributed by atoms with Gasteiger partial charge in [-0.25, -0.2) is 17.9 Å². The number of thiophene rings is 1. The number of ether oxygens (including phenoxy) is 2. The number of carbonyl (C=O) groups excluding carboxylic acids is 1. The molecule has 0 amide bonds. The molecule has 3 rings (SSSR count). The van der Waals surface area contributed by atoms with Gasteiger partial charge in [0.1, 0.15) is 10.6 Å². The first kappa shape index (κ1) is 20.0. The molecule has 0 spiro atoms. The van der Waals surface area contributed by atoms with E-state index < -0.39 is 16.0 Å². The van der Waals surface area contributed by atoms with Crippen molar-refractivity contribution in [1.29, 1.82) is 0 Å². The van der Waals surface area contributed by atoms with Gasteiger partial charge in [0.25, 0.3) is 0 Å². The van der Waals surface area contributed by atoms with Crippen LogP contribution >= 0.6 is 11.3 Å². The Hall–Kier alpha value is -2.75. The van der Waals surface area contributed by atoms with Crippen LogP contribution in [0.15, 0.2) is 58.3 Å². The number of nitrogens with zero attached hydrogens (tertiary/aromatic N) is 1. The van der Waals surface area contributed by atoms with Gasteiger partial charge in [0.15, 0.2) is 0 Å². The third kappa shape index (κ3) is 4.38. The van der Waals surface area contributed by atoms with Crippen LogP contribution in [0.4, 0.5) is 0 Å². The lowest BCUT2D eigenvalue weighted by atomic mass is 10.1. The number of hydrogen-bond acceptors (Lipinski definition) is 7. The highest BCUT2D eigenvalue weighted by Crippen LogP contribution is 2.26. The molecule has 0 aliphatic rings. The van der Waals surface area contributed by atoms with Crippen molar-refractivity contribution in [2.24, 2.45) is 0 Å². The fourth-order valence-electron chi connectivity index (χ4n) is 2.54. The highest BCUT2D eigenvalue weighted by atomic mass is 32.2. The van der Waals surface area contributed by atoms with Crippen LogP contribution in [0.5, 0.6) is 5.75 Å². The van der Waals surface area contributed by atoms with E-state index >= 15 is 0 Å². The Kier molecular flexibility index (Phi) is 6.08. The Bertz CT molecular complexity index is 1080. The highest BCUT2D eigenvalue weighted by molar-refractivity contribution is 7.89. The summed E-state index contributed by atoms with van der Waals surface area (Å²) in [6, 6.07) is 9.61. The van der Waals surface area contributed by atoms with Gasteiger partial charge in [-0.05, 0) is 47.3 Å². The fourth-order valence-corrected chi connectivity index (χ4v) is 4.40. The summed E-state index contributed by atoms with van der Waals surface area (Å²) < 4.78 is 37.9. The average Bonchev–Trinajstić information content (AvgIpc) is 3.26. The van der Waals surface area contributed by atoms with Crippen molar-refractivity contribution in [2.75, 3.05) is 14.2 Å². The van der Waals surface area contributed by atoms with Gasteiger partial charge in [0.05, 0.1) is 25.5 Å². The predicted octanol–water partition coefficient (Wildman–Crippen LogP) is 3.08. The second-order valence-electron chi connectivity index (χ2n) is 5.74. The van der Waals surface area contributed by atoms with Gasteiger partial charge < -0.3 is 9.47 Å². The molecule has 2 heterocycles. The summed E-state index contributed by atoms with van der Waals surface area (Å²) in [6.07, 6.45) is 1.63. The topological polar surface area (TPSA) is 94.6 Å². The lowest BCUT2D eigenvalue weighted by Gasteiger charge is -2.12. The standard InChI is InChI=1S/C19H18N2O5S2/c1-25-17-4-3-14(19(22)26-2)10-18(17)28(23,24)21-11-13-5-7-20-16(9-13)15-6-8-27-12-15/h3-10,12,21H,11H2,1-2H3. The number of sulfonamides is 1. The van der Waals surface area contributed by atoms with Crippen LogP contribution in [0.1, 0.15) is 15.9 Å². The molecule has 3 aromatic rings. The maximum absolute atomic E-state index is 12.8. The van der Waals surface area contributed by atoms with Crippen molar-refractivity contribution in [3.63, 3.8) is 0 Å². The van der Waals surface area contributed by atoms with Crippen LogP contribution in [-0.4, -0.2) is 33.6 Å². The second-order valence-corrected chi connectivity index (χ2v) is 8.26. The third-order valence-electron chi connectivity index (χ3n) is 3.98. The van der Waals surface area contributed by atoms with Crippen LogP contribution in [-0.2, 0) is 21.3 Å². The number of hydrogen-bond donors (Lipinski definition) is 1. The molecule has 1 N–H and O–H groups in total. The number of esters is 1. The van der Waals surface area contributed by atoms with Gasteiger partial charge in [-0.1, -0.05) is 0 Å². The largest absolute Gasteiger partial charge is 0.495 e. The number of nitrogens with one attached hydrogen (secondary N) is 1. The van der Waals surface area contributed by atoms with Crippen molar-refractivity contribution in [2.45, 2.75) is 11.4 Å². The maximum atomic E-state index is 12.8. The predicted molar refractivity (Wildman–Crippen MR) is 106 cm³/mol. The lowest BCUT2D eigenvalue weighted by Crippen LogP contribution is -2.24. The van der Waals surface area contributed by atoms with Gasteiger partial charge >= 0.3 is 5.97 Å². The van der Waals surface area contributed by atoms with Crippen LogP contribution in [0, 0.1) is 0 Å². The zero-order valence-electron chi connectivity index (χ0n) is 15.2. The molecule has 0 aliphatic carbocycles. The van der Waals surface area contributed by atoms with Gasteiger partial charge in [-0.2, -0.15) is 11.3 Å². The van der Waals surface area contributed by atoms with Crippen molar-refractivity contribution < 1.29 is 22.7 Å². The number of pyridine rings is 1. The highest BCUT2D eigenvalue weighted by Gasteiger charge is 2.22. The molecular formula is C19H18N2O5S2. The average molecular weight is 418 g/mol. The van der Waals surface area contributed by atoms with Crippen molar-refractivity contribution >= 4 is 27.3 Å². The quantitative estimate of drug-likeness (QED) is 0.593. The SMILES string of the molecule is COC(=O)c1ccc(OC)c(S(=O)(=O)NCc2ccnc(-c3ccsc3)c2)c1. The lowest BCUT2D eigenvalue weighted by molar-refractivity contribution is 0.0600. The van der Waals surface area contributed by atoms with E-state index in [1.54, 1.807) is 23.6 Å². The van der Waals surface area contributed by atoms with Crippen molar-refractivity contribution in [1.82, 2.24) is 9.71 Å².